The molecule has 10 heteroatoms. The number of methoxy groups -OCH3 is 1. The number of aromatic nitrogens is 1. The Morgan fingerprint density at radius 1 is 1.15 bits per heavy atom. The number of pyridine rings is 1. The third-order valence-electron chi connectivity index (χ3n) is 4.99. The minimum atomic E-state index is -0.857. The van der Waals surface area contributed by atoms with Crippen LogP contribution in [-0.4, -0.2) is 40.7 Å². The second kappa shape index (κ2) is 11.0. The summed E-state index contributed by atoms with van der Waals surface area (Å²) < 4.78 is 10.8. The summed E-state index contributed by atoms with van der Waals surface area (Å²) in [6.45, 7) is 1.62. The number of carbonyl (C=O) groups is 2. The lowest BCUT2D eigenvalue weighted by Gasteiger charge is -2.19. The number of hydrogen-bond acceptors (Lipinski definition) is 8. The van der Waals surface area contributed by atoms with E-state index in [2.05, 4.69) is 15.6 Å². The van der Waals surface area contributed by atoms with E-state index in [0.29, 0.717) is 11.4 Å². The smallest absolute Gasteiger partial charge is 0.227 e. The minimum absolute atomic E-state index is 0.0186. The predicted octanol–water partition coefficient (Wildman–Crippen LogP) is 2.43. The number of amides is 2. The molecule has 34 heavy (non-hydrogen) atoms. The Labute approximate surface area is 195 Å². The Bertz CT molecular complexity index is 1220. The van der Waals surface area contributed by atoms with Gasteiger partial charge in [-0.05, 0) is 36.8 Å². The highest BCUT2D eigenvalue weighted by Crippen LogP contribution is 2.37. The second-order valence-corrected chi connectivity index (χ2v) is 7.49. The van der Waals surface area contributed by atoms with E-state index in [4.69, 9.17) is 9.15 Å². The highest BCUT2D eigenvalue weighted by atomic mass is 16.5. The molecular weight excluding hydrogens is 442 g/mol. The number of ether oxygens (including phenoxy) is 1. The van der Waals surface area contributed by atoms with Gasteiger partial charge in [-0.3, -0.25) is 14.4 Å². The molecule has 10 nitrogen and oxygen atoms in total. The van der Waals surface area contributed by atoms with Crippen LogP contribution in [0.5, 0.6) is 17.2 Å². The summed E-state index contributed by atoms with van der Waals surface area (Å²) in [5.41, 5.74) is -0.164. The molecule has 0 aliphatic carbocycles. The predicted molar refractivity (Wildman–Crippen MR) is 123 cm³/mol. The van der Waals surface area contributed by atoms with Crippen LogP contribution in [0.4, 0.5) is 5.82 Å². The Morgan fingerprint density at radius 2 is 1.94 bits per heavy atom. The number of anilines is 1. The lowest BCUT2D eigenvalue weighted by Crippen LogP contribution is -2.29. The molecule has 0 saturated heterocycles. The quantitative estimate of drug-likeness (QED) is 0.375. The average molecular weight is 467 g/mol. The van der Waals surface area contributed by atoms with Crippen molar-refractivity contribution in [2.45, 2.75) is 25.7 Å². The number of rotatable bonds is 9. The highest BCUT2D eigenvalue weighted by molar-refractivity contribution is 5.90. The fourth-order valence-electron chi connectivity index (χ4n) is 3.35. The number of phenols is 1. The van der Waals surface area contributed by atoms with E-state index in [1.807, 2.05) is 0 Å². The van der Waals surface area contributed by atoms with Gasteiger partial charge in [0, 0.05) is 31.6 Å². The lowest BCUT2D eigenvalue weighted by molar-refractivity contribution is -0.121. The van der Waals surface area contributed by atoms with Crippen LogP contribution in [-0.2, 0) is 9.59 Å². The summed E-state index contributed by atoms with van der Waals surface area (Å²) in [7, 11) is 1.38. The van der Waals surface area contributed by atoms with E-state index in [0.717, 1.165) is 6.07 Å². The van der Waals surface area contributed by atoms with Gasteiger partial charge in [0.1, 0.15) is 11.6 Å². The van der Waals surface area contributed by atoms with Crippen LogP contribution in [0.2, 0.25) is 0 Å². The summed E-state index contributed by atoms with van der Waals surface area (Å²) in [6, 6.07) is 10.7. The third kappa shape index (κ3) is 6.12. The zero-order valence-electron chi connectivity index (χ0n) is 18.7. The van der Waals surface area contributed by atoms with E-state index in [-0.39, 0.29) is 48.3 Å². The van der Waals surface area contributed by atoms with Crippen LogP contribution in [0.25, 0.3) is 0 Å². The molecule has 0 aliphatic rings. The van der Waals surface area contributed by atoms with Crippen molar-refractivity contribution in [2.75, 3.05) is 19.0 Å². The molecule has 1 atom stereocenters. The molecular formula is C24H25N3O7. The van der Waals surface area contributed by atoms with E-state index in [9.17, 15) is 24.6 Å². The van der Waals surface area contributed by atoms with E-state index >= 15 is 0 Å². The molecule has 2 heterocycles. The molecule has 3 aromatic rings. The van der Waals surface area contributed by atoms with Gasteiger partial charge in [0.25, 0.3) is 0 Å². The molecule has 1 aromatic carbocycles. The maximum atomic E-state index is 12.7. The molecule has 0 aliphatic heterocycles. The first-order chi connectivity index (χ1) is 16.3. The van der Waals surface area contributed by atoms with Crippen molar-refractivity contribution in [1.82, 2.24) is 10.3 Å². The summed E-state index contributed by atoms with van der Waals surface area (Å²) in [5.74, 6) is -1.58. The van der Waals surface area contributed by atoms with Crippen molar-refractivity contribution >= 4 is 17.6 Å². The van der Waals surface area contributed by atoms with Gasteiger partial charge in [-0.2, -0.15) is 0 Å². The fourth-order valence-corrected chi connectivity index (χ4v) is 3.35. The van der Waals surface area contributed by atoms with Crippen LogP contribution < -0.4 is 20.8 Å². The molecule has 0 radical (unpaired) electrons. The van der Waals surface area contributed by atoms with Gasteiger partial charge in [0.05, 0.1) is 13.0 Å². The van der Waals surface area contributed by atoms with Gasteiger partial charge in [0.15, 0.2) is 17.3 Å². The highest BCUT2D eigenvalue weighted by Gasteiger charge is 2.26. The molecule has 0 bridgehead atoms. The van der Waals surface area contributed by atoms with E-state index in [1.165, 1.54) is 25.3 Å². The molecule has 0 unspecified atom stereocenters. The summed E-state index contributed by atoms with van der Waals surface area (Å²) in [6.07, 6.45) is 1.37. The van der Waals surface area contributed by atoms with Crippen molar-refractivity contribution in [3.8, 4) is 17.2 Å². The normalized spacial score (nSPS) is 11.5. The first kappa shape index (κ1) is 24.3. The van der Waals surface area contributed by atoms with Gasteiger partial charge in [-0.25, -0.2) is 4.98 Å². The molecule has 0 saturated carbocycles. The van der Waals surface area contributed by atoms with Crippen LogP contribution in [0.3, 0.4) is 0 Å². The molecule has 3 rings (SSSR count). The van der Waals surface area contributed by atoms with E-state index < -0.39 is 23.0 Å². The first-order valence-electron chi connectivity index (χ1n) is 10.5. The van der Waals surface area contributed by atoms with Gasteiger partial charge in [0.2, 0.25) is 23.0 Å². The standard InChI is InChI=1S/C24H25N3O7/c1-14-11-18(29)23(32)24(34-14)16(15-6-7-17(28)19(12-15)33-2)13-22(31)26-10-8-21(30)27-20-5-3-4-9-25-20/h3-7,9,11-12,16,28,32H,8,10,13H2,1-2H3,(H,26,31)(H,25,27,30)/t16-/m0/s1. The zero-order chi connectivity index (χ0) is 24.7. The van der Waals surface area contributed by atoms with Crippen LogP contribution in [0, 0.1) is 6.92 Å². The van der Waals surface area contributed by atoms with Crippen molar-refractivity contribution < 1.29 is 29.0 Å². The Kier molecular flexibility index (Phi) is 7.86. The van der Waals surface area contributed by atoms with Crippen LogP contribution >= 0.6 is 0 Å². The number of phenolic OH excluding ortho intramolecular Hbond substituents is 1. The van der Waals surface area contributed by atoms with Gasteiger partial charge in [-0.1, -0.05) is 12.1 Å². The SMILES string of the molecule is COc1cc([C@H](CC(=O)NCCC(=O)Nc2ccccn2)c2oc(C)cc(=O)c2O)ccc1O. The van der Waals surface area contributed by atoms with Gasteiger partial charge < -0.3 is 30.0 Å². The summed E-state index contributed by atoms with van der Waals surface area (Å²) in [5, 5.41) is 25.6. The fraction of sp³-hybridized carbons (Fsp3) is 0.250. The Hall–Kier alpha value is -4.34. The summed E-state index contributed by atoms with van der Waals surface area (Å²) >= 11 is 0. The zero-order valence-corrected chi connectivity index (χ0v) is 18.7. The molecule has 0 spiro atoms. The number of aryl methyl sites for hydroxylation is 1. The number of hydrogen-bond donors (Lipinski definition) is 4. The maximum Gasteiger partial charge on any atom is 0.227 e. The monoisotopic (exact) mass is 467 g/mol. The average Bonchev–Trinajstić information content (AvgIpc) is 2.81. The van der Waals surface area contributed by atoms with E-state index in [1.54, 1.807) is 31.3 Å². The molecule has 2 aromatic heterocycles. The largest absolute Gasteiger partial charge is 0.504 e. The number of aromatic hydroxyl groups is 2. The van der Waals surface area contributed by atoms with Crippen molar-refractivity contribution in [3.05, 3.63) is 76.0 Å². The van der Waals surface area contributed by atoms with Crippen LogP contribution in [0.1, 0.15) is 35.8 Å². The number of nitrogens with zero attached hydrogens (tertiary/aromatic N) is 1. The van der Waals surface area contributed by atoms with Gasteiger partial charge >= 0.3 is 0 Å². The topological polar surface area (TPSA) is 151 Å². The Balaban J connectivity index is 1.75. The third-order valence-corrected chi connectivity index (χ3v) is 4.99. The molecule has 4 N–H and O–H groups in total. The van der Waals surface area contributed by atoms with Crippen LogP contribution in [0.15, 0.2) is 57.9 Å². The van der Waals surface area contributed by atoms with Crippen molar-refractivity contribution in [2.24, 2.45) is 0 Å². The molecule has 178 valence electrons. The molecule has 0 fully saturated rings. The number of nitrogens with one attached hydrogen (secondary N) is 2. The van der Waals surface area contributed by atoms with Gasteiger partial charge in [-0.15, -0.1) is 0 Å². The Morgan fingerprint density at radius 3 is 2.65 bits per heavy atom. The summed E-state index contributed by atoms with van der Waals surface area (Å²) in [4.78, 5) is 40.9. The lowest BCUT2D eigenvalue weighted by atomic mass is 9.91. The van der Waals surface area contributed by atoms with Crippen molar-refractivity contribution in [3.63, 3.8) is 0 Å². The molecule has 2 amide bonds. The number of carbonyl (C=O) groups excluding carboxylic acids is 2. The first-order valence-corrected chi connectivity index (χ1v) is 10.5. The second-order valence-electron chi connectivity index (χ2n) is 7.49. The minimum Gasteiger partial charge on any atom is -0.504 e. The number of benzene rings is 1. The van der Waals surface area contributed by atoms with Crippen molar-refractivity contribution in [1.29, 1.82) is 0 Å². The maximum absolute atomic E-state index is 12.7.